The first-order chi connectivity index (χ1) is 11.6. The lowest BCUT2D eigenvalue weighted by Crippen LogP contribution is -2.47. The van der Waals surface area contributed by atoms with E-state index in [0.29, 0.717) is 23.9 Å². The lowest BCUT2D eigenvalue weighted by atomic mass is 10.1. The van der Waals surface area contributed by atoms with Gasteiger partial charge in [-0.2, -0.15) is 0 Å². The Morgan fingerprint density at radius 2 is 2.12 bits per heavy atom. The van der Waals surface area contributed by atoms with Gasteiger partial charge in [0, 0.05) is 31.0 Å². The fourth-order valence-electron chi connectivity index (χ4n) is 2.52. The van der Waals surface area contributed by atoms with Crippen LogP contribution in [0.15, 0.2) is 40.9 Å². The quantitative estimate of drug-likeness (QED) is 0.851. The topological polar surface area (TPSA) is 66.7 Å². The molecule has 1 aromatic heterocycles. The maximum absolute atomic E-state index is 12.7. The molecule has 24 heavy (non-hydrogen) atoms. The van der Waals surface area contributed by atoms with E-state index in [4.69, 9.17) is 4.52 Å². The predicted molar refractivity (Wildman–Crippen MR) is 92.5 cm³/mol. The molecule has 1 aliphatic rings. The molecular formula is C17H19N3O3S. The molecule has 2 amide bonds. The Labute approximate surface area is 144 Å². The van der Waals surface area contributed by atoms with Crippen molar-refractivity contribution in [3.05, 3.63) is 42.2 Å². The van der Waals surface area contributed by atoms with Crippen LogP contribution in [0.2, 0.25) is 0 Å². The third-order valence-corrected chi connectivity index (χ3v) is 5.08. The monoisotopic (exact) mass is 345 g/mol. The third kappa shape index (κ3) is 3.17. The number of nitrogens with zero attached hydrogens (tertiary/aromatic N) is 3. The SMILES string of the molecule is CCN(C)C(=O)[C@@H]1CSCN1C(=O)c1cc(-c2ccccc2)no1. The zero-order valence-corrected chi connectivity index (χ0v) is 14.5. The highest BCUT2D eigenvalue weighted by molar-refractivity contribution is 7.99. The summed E-state index contributed by atoms with van der Waals surface area (Å²) in [6.45, 7) is 2.53. The van der Waals surface area contributed by atoms with Crippen LogP contribution >= 0.6 is 11.8 Å². The average Bonchev–Trinajstić information content (AvgIpc) is 3.30. The molecule has 1 aliphatic heterocycles. The highest BCUT2D eigenvalue weighted by Crippen LogP contribution is 2.26. The molecule has 0 saturated carbocycles. The van der Waals surface area contributed by atoms with Crippen LogP contribution in [0, 0.1) is 0 Å². The average molecular weight is 345 g/mol. The van der Waals surface area contributed by atoms with E-state index in [0.717, 1.165) is 5.56 Å². The first-order valence-corrected chi connectivity index (χ1v) is 8.93. The largest absolute Gasteiger partial charge is 0.350 e. The Morgan fingerprint density at radius 3 is 2.83 bits per heavy atom. The zero-order chi connectivity index (χ0) is 17.1. The number of thioether (sulfide) groups is 1. The molecule has 2 heterocycles. The summed E-state index contributed by atoms with van der Waals surface area (Å²) in [5.41, 5.74) is 1.49. The number of carbonyl (C=O) groups excluding carboxylic acids is 2. The van der Waals surface area contributed by atoms with Gasteiger partial charge in [-0.05, 0) is 6.92 Å². The second kappa shape index (κ2) is 7.09. The van der Waals surface area contributed by atoms with Crippen LogP contribution in [-0.4, -0.2) is 58.0 Å². The normalized spacial score (nSPS) is 17.1. The van der Waals surface area contributed by atoms with Crippen LogP contribution in [0.25, 0.3) is 11.3 Å². The number of likely N-dealkylation sites (N-methyl/N-ethyl adjacent to an activating group) is 1. The van der Waals surface area contributed by atoms with Crippen LogP contribution in [0.3, 0.4) is 0 Å². The van der Waals surface area contributed by atoms with Gasteiger partial charge in [-0.1, -0.05) is 35.5 Å². The molecule has 126 valence electrons. The third-order valence-electron chi connectivity index (χ3n) is 4.07. The number of carbonyl (C=O) groups is 2. The van der Waals surface area contributed by atoms with Gasteiger partial charge in [0.25, 0.3) is 5.91 Å². The van der Waals surface area contributed by atoms with Crippen molar-refractivity contribution in [2.75, 3.05) is 25.2 Å². The molecule has 0 radical (unpaired) electrons. The van der Waals surface area contributed by atoms with Gasteiger partial charge in [-0.25, -0.2) is 0 Å². The number of hydrogen-bond acceptors (Lipinski definition) is 5. The van der Waals surface area contributed by atoms with Gasteiger partial charge < -0.3 is 14.3 Å². The first kappa shape index (κ1) is 16.6. The minimum atomic E-state index is -0.447. The summed E-state index contributed by atoms with van der Waals surface area (Å²) >= 11 is 1.57. The van der Waals surface area contributed by atoms with E-state index in [9.17, 15) is 9.59 Å². The molecule has 0 N–H and O–H groups in total. The predicted octanol–water partition coefficient (Wildman–Crippen LogP) is 2.33. The van der Waals surface area contributed by atoms with Crippen molar-refractivity contribution in [2.45, 2.75) is 13.0 Å². The van der Waals surface area contributed by atoms with E-state index in [-0.39, 0.29) is 17.6 Å². The van der Waals surface area contributed by atoms with E-state index in [2.05, 4.69) is 5.16 Å². The van der Waals surface area contributed by atoms with Gasteiger partial charge in [-0.15, -0.1) is 11.8 Å². The molecule has 3 rings (SSSR count). The molecule has 0 bridgehead atoms. The lowest BCUT2D eigenvalue weighted by molar-refractivity contribution is -0.133. The van der Waals surface area contributed by atoms with Gasteiger partial charge in [-0.3, -0.25) is 9.59 Å². The van der Waals surface area contributed by atoms with Gasteiger partial charge >= 0.3 is 0 Å². The highest BCUT2D eigenvalue weighted by Gasteiger charge is 2.37. The Hall–Kier alpha value is -2.28. The molecule has 7 heteroatoms. The summed E-state index contributed by atoms with van der Waals surface area (Å²) in [4.78, 5) is 28.3. The van der Waals surface area contributed by atoms with Crippen molar-refractivity contribution in [2.24, 2.45) is 0 Å². The molecule has 2 aromatic rings. The number of rotatable bonds is 4. The molecular weight excluding hydrogens is 326 g/mol. The van der Waals surface area contributed by atoms with Gasteiger partial charge in [0.1, 0.15) is 11.7 Å². The van der Waals surface area contributed by atoms with Gasteiger partial charge in [0.15, 0.2) is 0 Å². The molecule has 1 atom stereocenters. The molecule has 1 aromatic carbocycles. The summed E-state index contributed by atoms with van der Waals surface area (Å²) in [5.74, 6) is 0.910. The summed E-state index contributed by atoms with van der Waals surface area (Å²) < 4.78 is 5.23. The maximum Gasteiger partial charge on any atom is 0.293 e. The minimum Gasteiger partial charge on any atom is -0.350 e. The van der Waals surface area contributed by atoms with E-state index >= 15 is 0 Å². The summed E-state index contributed by atoms with van der Waals surface area (Å²) in [6, 6.07) is 10.7. The molecule has 0 aliphatic carbocycles. The highest BCUT2D eigenvalue weighted by atomic mass is 32.2. The second-order valence-corrected chi connectivity index (χ2v) is 6.59. The fraction of sp³-hybridized carbons (Fsp3) is 0.353. The number of hydrogen-bond donors (Lipinski definition) is 0. The van der Waals surface area contributed by atoms with Crippen molar-refractivity contribution in [1.82, 2.24) is 15.0 Å². The van der Waals surface area contributed by atoms with E-state index < -0.39 is 6.04 Å². The van der Waals surface area contributed by atoms with Crippen molar-refractivity contribution in [3.63, 3.8) is 0 Å². The van der Waals surface area contributed by atoms with Crippen LogP contribution in [0.5, 0.6) is 0 Å². The molecule has 6 nitrogen and oxygen atoms in total. The van der Waals surface area contributed by atoms with Gasteiger partial charge in [0.05, 0.1) is 5.88 Å². The lowest BCUT2D eigenvalue weighted by Gasteiger charge is -2.25. The summed E-state index contributed by atoms with van der Waals surface area (Å²) in [6.07, 6.45) is 0. The first-order valence-electron chi connectivity index (χ1n) is 7.77. The number of benzene rings is 1. The van der Waals surface area contributed by atoms with E-state index in [1.807, 2.05) is 37.3 Å². The van der Waals surface area contributed by atoms with Crippen LogP contribution in [0.4, 0.5) is 0 Å². The molecule has 0 unspecified atom stereocenters. The van der Waals surface area contributed by atoms with Crippen molar-refractivity contribution >= 4 is 23.6 Å². The van der Waals surface area contributed by atoms with Crippen molar-refractivity contribution in [3.8, 4) is 11.3 Å². The van der Waals surface area contributed by atoms with Crippen LogP contribution in [-0.2, 0) is 4.79 Å². The van der Waals surface area contributed by atoms with Gasteiger partial charge in [0.2, 0.25) is 11.7 Å². The minimum absolute atomic E-state index is 0.0429. The Morgan fingerprint density at radius 1 is 1.38 bits per heavy atom. The summed E-state index contributed by atoms with van der Waals surface area (Å²) in [7, 11) is 1.75. The zero-order valence-electron chi connectivity index (χ0n) is 13.6. The Bertz CT molecular complexity index is 732. The maximum atomic E-state index is 12.7. The molecule has 0 spiro atoms. The smallest absolute Gasteiger partial charge is 0.293 e. The fourth-order valence-corrected chi connectivity index (χ4v) is 3.67. The standard InChI is InChI=1S/C17H19N3O3S/c1-3-19(2)16(21)14-10-24-11-20(14)17(22)15-9-13(18-23-15)12-7-5-4-6-8-12/h4-9,14H,3,10-11H2,1-2H3/t14-/m0/s1. The molecule has 1 fully saturated rings. The van der Waals surface area contributed by atoms with Crippen LogP contribution in [0.1, 0.15) is 17.5 Å². The van der Waals surface area contributed by atoms with E-state index in [1.165, 1.54) is 0 Å². The van der Waals surface area contributed by atoms with Crippen molar-refractivity contribution < 1.29 is 14.1 Å². The molecule has 1 saturated heterocycles. The van der Waals surface area contributed by atoms with Crippen molar-refractivity contribution in [1.29, 1.82) is 0 Å². The Balaban J connectivity index is 1.79. The number of aromatic nitrogens is 1. The summed E-state index contributed by atoms with van der Waals surface area (Å²) in [5, 5.41) is 3.98. The number of amides is 2. The van der Waals surface area contributed by atoms with Crippen LogP contribution < -0.4 is 0 Å². The van der Waals surface area contributed by atoms with E-state index in [1.54, 1.807) is 34.7 Å². The second-order valence-electron chi connectivity index (χ2n) is 5.59. The Kier molecular flexibility index (Phi) is 4.89.